The van der Waals surface area contributed by atoms with Gasteiger partial charge in [0.2, 0.25) is 10.0 Å². The molecule has 2 bridgehead atoms. The highest BCUT2D eigenvalue weighted by Gasteiger charge is 2.39. The maximum atomic E-state index is 12.4. The van der Waals surface area contributed by atoms with Crippen molar-refractivity contribution in [2.75, 3.05) is 18.8 Å². The van der Waals surface area contributed by atoms with E-state index >= 15 is 0 Å². The highest BCUT2D eigenvalue weighted by Crippen LogP contribution is 2.38. The first-order valence-corrected chi connectivity index (χ1v) is 9.91. The van der Waals surface area contributed by atoms with Gasteiger partial charge in [-0.1, -0.05) is 19.1 Å². The Labute approximate surface area is 137 Å². The van der Waals surface area contributed by atoms with Crippen LogP contribution in [0.1, 0.15) is 43.9 Å². The molecule has 2 atom stereocenters. The second-order valence-electron chi connectivity index (χ2n) is 6.55. The molecule has 0 aliphatic carbocycles. The van der Waals surface area contributed by atoms with Crippen LogP contribution in [0.2, 0.25) is 0 Å². The Balaban J connectivity index is 2.02. The van der Waals surface area contributed by atoms with Gasteiger partial charge in [-0.2, -0.15) is 0 Å². The van der Waals surface area contributed by atoms with Gasteiger partial charge in [-0.15, -0.1) is 0 Å². The number of piperidine rings is 1. The third-order valence-corrected chi connectivity index (χ3v) is 6.80. The minimum Gasteiger partial charge on any atom is -0.311 e. The van der Waals surface area contributed by atoms with Crippen LogP contribution in [0, 0.1) is 5.92 Å². The summed E-state index contributed by atoms with van der Waals surface area (Å²) in [6.45, 7) is 5.49. The fourth-order valence-corrected chi connectivity index (χ4v) is 5.56. The molecule has 0 radical (unpaired) electrons. The topological polar surface area (TPSA) is 59.4 Å². The number of fused-ring (bicyclic) bond motifs is 4. The number of hydrogen-bond acceptors (Lipinski definition) is 3. The van der Waals surface area contributed by atoms with Crippen LogP contribution in [0.4, 0.5) is 0 Å². The van der Waals surface area contributed by atoms with Gasteiger partial charge >= 0.3 is 0 Å². The Bertz CT molecular complexity index is 780. The van der Waals surface area contributed by atoms with Crippen molar-refractivity contribution in [3.05, 3.63) is 39.8 Å². The van der Waals surface area contributed by atoms with Crippen LogP contribution in [0.3, 0.4) is 0 Å². The fourth-order valence-electron chi connectivity index (χ4n) is 3.94. The van der Waals surface area contributed by atoms with Crippen molar-refractivity contribution < 1.29 is 8.42 Å². The largest absolute Gasteiger partial charge is 0.311 e. The molecule has 0 aromatic carbocycles. The lowest BCUT2D eigenvalue weighted by Crippen LogP contribution is -2.49. The quantitative estimate of drug-likeness (QED) is 0.845. The number of nitrogens with zero attached hydrogens (tertiary/aromatic N) is 2. The van der Waals surface area contributed by atoms with Crippen molar-refractivity contribution in [1.82, 2.24) is 8.87 Å². The summed E-state index contributed by atoms with van der Waals surface area (Å²) in [4.78, 5) is 12.2. The van der Waals surface area contributed by atoms with Gasteiger partial charge in [0.25, 0.3) is 5.56 Å². The van der Waals surface area contributed by atoms with Gasteiger partial charge in [-0.05, 0) is 37.3 Å². The molecule has 1 saturated heterocycles. The first kappa shape index (κ1) is 16.5. The molecule has 3 rings (SSSR count). The van der Waals surface area contributed by atoms with Crippen LogP contribution in [-0.4, -0.2) is 36.1 Å². The summed E-state index contributed by atoms with van der Waals surface area (Å²) >= 11 is 0. The third kappa shape index (κ3) is 3.02. The van der Waals surface area contributed by atoms with E-state index in [0.717, 1.165) is 17.7 Å². The molecule has 23 heavy (non-hydrogen) atoms. The first-order chi connectivity index (χ1) is 11.0. The Hall–Kier alpha value is -1.40. The molecule has 0 amide bonds. The van der Waals surface area contributed by atoms with Gasteiger partial charge in [-0.25, -0.2) is 12.7 Å². The van der Waals surface area contributed by atoms with E-state index in [-0.39, 0.29) is 23.1 Å². The zero-order valence-electron chi connectivity index (χ0n) is 13.7. The lowest BCUT2D eigenvalue weighted by atomic mass is 9.82. The monoisotopic (exact) mass is 336 g/mol. The van der Waals surface area contributed by atoms with Gasteiger partial charge in [0, 0.05) is 37.3 Å². The van der Waals surface area contributed by atoms with Gasteiger partial charge in [0.05, 0.1) is 5.75 Å². The van der Waals surface area contributed by atoms with Crippen molar-refractivity contribution in [1.29, 1.82) is 0 Å². The second-order valence-corrected chi connectivity index (χ2v) is 8.64. The van der Waals surface area contributed by atoms with Crippen molar-refractivity contribution in [3.8, 4) is 0 Å². The normalized spacial score (nSPS) is 24.8. The average Bonchev–Trinajstić information content (AvgIpc) is 2.50. The Morgan fingerprint density at radius 1 is 1.26 bits per heavy atom. The number of allylic oxidation sites excluding steroid dienone is 1. The van der Waals surface area contributed by atoms with Crippen molar-refractivity contribution in [2.45, 2.75) is 39.2 Å². The summed E-state index contributed by atoms with van der Waals surface area (Å²) in [5, 5.41) is 0. The van der Waals surface area contributed by atoms with Gasteiger partial charge < -0.3 is 4.57 Å². The Kier molecular flexibility index (Phi) is 4.47. The van der Waals surface area contributed by atoms with E-state index in [2.05, 4.69) is 0 Å². The summed E-state index contributed by atoms with van der Waals surface area (Å²) < 4.78 is 28.4. The molecule has 1 aromatic heterocycles. The number of pyridine rings is 1. The summed E-state index contributed by atoms with van der Waals surface area (Å²) in [7, 11) is -3.19. The van der Waals surface area contributed by atoms with E-state index in [4.69, 9.17) is 0 Å². The van der Waals surface area contributed by atoms with Crippen LogP contribution in [0.15, 0.2) is 23.0 Å². The summed E-state index contributed by atoms with van der Waals surface area (Å²) in [6, 6.07) is 3.47. The lowest BCUT2D eigenvalue weighted by Gasteiger charge is -2.42. The highest BCUT2D eigenvalue weighted by atomic mass is 32.2. The maximum Gasteiger partial charge on any atom is 0.250 e. The predicted molar refractivity (Wildman–Crippen MR) is 91.9 cm³/mol. The SMILES string of the molecule is CC=Cc1ccc(=O)n2c1[C@@H]1C[C@H](CN(S(=O)(=O)CCC)C1)C2. The molecule has 0 unspecified atom stereocenters. The van der Waals surface area contributed by atoms with Crippen LogP contribution in [0.5, 0.6) is 0 Å². The zero-order valence-corrected chi connectivity index (χ0v) is 14.6. The highest BCUT2D eigenvalue weighted by molar-refractivity contribution is 7.89. The smallest absolute Gasteiger partial charge is 0.250 e. The van der Waals surface area contributed by atoms with E-state index in [1.54, 1.807) is 10.4 Å². The molecular formula is C17H24N2O3S. The van der Waals surface area contributed by atoms with Crippen LogP contribution >= 0.6 is 0 Å². The molecule has 6 heteroatoms. The predicted octanol–water partition coefficient (Wildman–Crippen LogP) is 2.04. The minimum absolute atomic E-state index is 0.0211. The molecular weight excluding hydrogens is 312 g/mol. The fraction of sp³-hybridized carbons (Fsp3) is 0.588. The Morgan fingerprint density at radius 3 is 2.74 bits per heavy atom. The van der Waals surface area contributed by atoms with Crippen LogP contribution in [0.25, 0.3) is 6.08 Å². The molecule has 0 N–H and O–H groups in total. The summed E-state index contributed by atoms with van der Waals surface area (Å²) in [5.74, 6) is 0.538. The zero-order chi connectivity index (χ0) is 16.6. The summed E-state index contributed by atoms with van der Waals surface area (Å²) in [5.41, 5.74) is 2.06. The van der Waals surface area contributed by atoms with Crippen molar-refractivity contribution >= 4 is 16.1 Å². The number of aromatic nitrogens is 1. The van der Waals surface area contributed by atoms with Crippen molar-refractivity contribution in [2.24, 2.45) is 5.92 Å². The van der Waals surface area contributed by atoms with Crippen molar-refractivity contribution in [3.63, 3.8) is 0 Å². The molecule has 0 spiro atoms. The lowest BCUT2D eigenvalue weighted by molar-refractivity contribution is 0.186. The van der Waals surface area contributed by atoms with E-state index < -0.39 is 10.0 Å². The molecule has 2 aliphatic heterocycles. The molecule has 5 nitrogen and oxygen atoms in total. The minimum atomic E-state index is -3.19. The first-order valence-electron chi connectivity index (χ1n) is 8.30. The second kappa shape index (κ2) is 6.24. The Morgan fingerprint density at radius 2 is 2.04 bits per heavy atom. The molecule has 1 fully saturated rings. The average molecular weight is 336 g/mol. The number of hydrogen-bond donors (Lipinski definition) is 0. The van der Waals surface area contributed by atoms with E-state index in [0.29, 0.717) is 26.1 Å². The molecule has 3 heterocycles. The molecule has 0 saturated carbocycles. The summed E-state index contributed by atoms with van der Waals surface area (Å²) in [6.07, 6.45) is 5.56. The molecule has 126 valence electrons. The molecule has 1 aromatic rings. The number of rotatable bonds is 4. The van der Waals surface area contributed by atoms with Gasteiger partial charge in [-0.3, -0.25) is 4.79 Å². The van der Waals surface area contributed by atoms with Crippen LogP contribution in [-0.2, 0) is 16.6 Å². The van der Waals surface area contributed by atoms with Gasteiger partial charge in [0.1, 0.15) is 0 Å². The molecule has 2 aliphatic rings. The maximum absolute atomic E-state index is 12.4. The van der Waals surface area contributed by atoms with E-state index in [1.807, 2.05) is 36.6 Å². The van der Waals surface area contributed by atoms with Crippen LogP contribution < -0.4 is 5.56 Å². The standard InChI is InChI=1S/C17H24N2O3S/c1-3-5-14-6-7-16(20)19-11-13-9-15(17(14)19)12-18(10-13)23(21,22)8-4-2/h3,5-7,13,15H,4,8-12H2,1-2H3/t13-,15-/m1/s1. The van der Waals surface area contributed by atoms with E-state index in [1.165, 1.54) is 0 Å². The third-order valence-electron chi connectivity index (χ3n) is 4.79. The van der Waals surface area contributed by atoms with E-state index in [9.17, 15) is 13.2 Å². The van der Waals surface area contributed by atoms with Gasteiger partial charge in [0.15, 0.2) is 0 Å². The number of sulfonamides is 1.